The van der Waals surface area contributed by atoms with Crippen molar-refractivity contribution < 1.29 is 19.0 Å². The number of cyclic esters (lactones) is 1. The number of carbonyl (C=O) groups is 1. The molecule has 1 heterocycles. The molecule has 0 aromatic heterocycles. The number of hydrogen-bond donors (Lipinski definition) is 0. The van der Waals surface area contributed by atoms with E-state index in [4.69, 9.17) is 14.2 Å². The van der Waals surface area contributed by atoms with E-state index in [-0.39, 0.29) is 18.0 Å². The van der Waals surface area contributed by atoms with Crippen molar-refractivity contribution in [2.75, 3.05) is 14.2 Å². The van der Waals surface area contributed by atoms with Gasteiger partial charge in [-0.15, -0.1) is 0 Å². The fraction of sp³-hybridized carbons (Fsp3) is 0.500. The van der Waals surface area contributed by atoms with Crippen LogP contribution in [-0.4, -0.2) is 26.3 Å². The lowest BCUT2D eigenvalue weighted by molar-refractivity contribution is -0.183. The molecule has 0 radical (unpaired) electrons. The molecular formula is C14H18O4. The maximum Gasteiger partial charge on any atom is 0.312 e. The summed E-state index contributed by atoms with van der Waals surface area (Å²) in [7, 11) is 3.24. The third-order valence-corrected chi connectivity index (χ3v) is 3.36. The maximum atomic E-state index is 11.0. The highest BCUT2D eigenvalue weighted by Gasteiger charge is 2.37. The largest absolute Gasteiger partial charge is 0.493 e. The van der Waals surface area contributed by atoms with E-state index in [9.17, 15) is 4.79 Å². The van der Waals surface area contributed by atoms with Crippen molar-refractivity contribution >= 4 is 5.97 Å². The Bertz CT molecular complexity index is 441. The first-order valence-corrected chi connectivity index (χ1v) is 6.07. The van der Waals surface area contributed by atoms with Crippen molar-refractivity contribution in [2.24, 2.45) is 5.92 Å². The van der Waals surface area contributed by atoms with Gasteiger partial charge in [0.25, 0.3) is 0 Å². The van der Waals surface area contributed by atoms with Crippen LogP contribution in [0.5, 0.6) is 11.5 Å². The highest BCUT2D eigenvalue weighted by atomic mass is 16.6. The topological polar surface area (TPSA) is 44.8 Å². The molecule has 1 aliphatic heterocycles. The fourth-order valence-electron chi connectivity index (χ4n) is 2.09. The number of ether oxygens (including phenoxy) is 3. The van der Waals surface area contributed by atoms with Gasteiger partial charge in [-0.2, -0.15) is 0 Å². The van der Waals surface area contributed by atoms with Crippen LogP contribution in [0.25, 0.3) is 0 Å². The molecule has 2 atom stereocenters. The van der Waals surface area contributed by atoms with E-state index in [0.717, 1.165) is 29.9 Å². The van der Waals surface area contributed by atoms with Crippen molar-refractivity contribution in [3.63, 3.8) is 0 Å². The summed E-state index contributed by atoms with van der Waals surface area (Å²) in [5, 5.41) is 0. The molecule has 4 heteroatoms. The monoisotopic (exact) mass is 250 g/mol. The van der Waals surface area contributed by atoms with E-state index in [1.165, 1.54) is 0 Å². The summed E-state index contributed by atoms with van der Waals surface area (Å²) >= 11 is 0. The van der Waals surface area contributed by atoms with E-state index >= 15 is 0 Å². The van der Waals surface area contributed by atoms with Gasteiger partial charge in [0.2, 0.25) is 0 Å². The minimum absolute atomic E-state index is 0.0325. The molecule has 2 rings (SSSR count). The van der Waals surface area contributed by atoms with Gasteiger partial charge >= 0.3 is 5.97 Å². The van der Waals surface area contributed by atoms with E-state index in [2.05, 4.69) is 0 Å². The molecule has 0 bridgehead atoms. The molecular weight excluding hydrogens is 232 g/mol. The standard InChI is InChI=1S/C14H18O4/c1-9-11(18-14(9)15)6-4-10-5-7-12(16-2)13(8-10)17-3/h5,7-9,11H,4,6H2,1-3H3. The number of esters is 1. The van der Waals surface area contributed by atoms with E-state index in [1.807, 2.05) is 25.1 Å². The summed E-state index contributed by atoms with van der Waals surface area (Å²) in [6, 6.07) is 5.86. The van der Waals surface area contributed by atoms with Gasteiger partial charge in [0.05, 0.1) is 20.1 Å². The molecule has 0 saturated carbocycles. The SMILES string of the molecule is COc1ccc(CCC2OC(=O)C2C)cc1OC. The highest BCUT2D eigenvalue weighted by Crippen LogP contribution is 2.30. The predicted molar refractivity (Wildman–Crippen MR) is 66.9 cm³/mol. The van der Waals surface area contributed by atoms with Crippen LogP contribution < -0.4 is 9.47 Å². The molecule has 1 aromatic carbocycles. The van der Waals surface area contributed by atoms with Crippen molar-refractivity contribution in [3.8, 4) is 11.5 Å². The molecule has 1 saturated heterocycles. The Morgan fingerprint density at radius 1 is 1.22 bits per heavy atom. The summed E-state index contributed by atoms with van der Waals surface area (Å²) < 4.78 is 15.5. The summed E-state index contributed by atoms with van der Waals surface area (Å²) in [6.07, 6.45) is 1.77. The molecule has 1 fully saturated rings. The van der Waals surface area contributed by atoms with Gasteiger partial charge in [0.15, 0.2) is 11.5 Å². The highest BCUT2D eigenvalue weighted by molar-refractivity contribution is 5.77. The minimum atomic E-state index is -0.0905. The van der Waals surface area contributed by atoms with E-state index in [0.29, 0.717) is 0 Å². The predicted octanol–water partition coefficient (Wildman–Crippen LogP) is 2.20. The number of benzene rings is 1. The zero-order valence-electron chi connectivity index (χ0n) is 10.9. The summed E-state index contributed by atoms with van der Waals surface area (Å²) in [6.45, 7) is 1.91. The van der Waals surface area contributed by atoms with Crippen molar-refractivity contribution in [1.82, 2.24) is 0 Å². The summed E-state index contributed by atoms with van der Waals surface area (Å²) in [5.74, 6) is 1.40. The number of aryl methyl sites for hydroxylation is 1. The molecule has 0 amide bonds. The average Bonchev–Trinajstić information content (AvgIpc) is 2.42. The Labute approximate surface area is 107 Å². The summed E-state index contributed by atoms with van der Waals surface area (Å²) in [5.41, 5.74) is 1.16. The van der Waals surface area contributed by atoms with Crippen LogP contribution in [0.3, 0.4) is 0 Å². The van der Waals surface area contributed by atoms with Gasteiger partial charge in [0.1, 0.15) is 6.10 Å². The lowest BCUT2D eigenvalue weighted by atomic mass is 9.93. The van der Waals surface area contributed by atoms with Crippen LogP contribution in [0.15, 0.2) is 18.2 Å². The Morgan fingerprint density at radius 3 is 2.50 bits per heavy atom. The van der Waals surface area contributed by atoms with Crippen molar-refractivity contribution in [3.05, 3.63) is 23.8 Å². The second-order valence-electron chi connectivity index (χ2n) is 4.49. The van der Waals surface area contributed by atoms with Gasteiger partial charge in [0, 0.05) is 0 Å². The van der Waals surface area contributed by atoms with Crippen LogP contribution in [-0.2, 0) is 16.0 Å². The Hall–Kier alpha value is -1.71. The lowest BCUT2D eigenvalue weighted by Gasteiger charge is -2.32. The average molecular weight is 250 g/mol. The third-order valence-electron chi connectivity index (χ3n) is 3.36. The molecule has 1 aromatic rings. The van der Waals surface area contributed by atoms with Crippen LogP contribution in [0.2, 0.25) is 0 Å². The Morgan fingerprint density at radius 2 is 1.94 bits per heavy atom. The van der Waals surface area contributed by atoms with Gasteiger partial charge in [-0.1, -0.05) is 6.07 Å². The summed E-state index contributed by atoms with van der Waals surface area (Å²) in [4.78, 5) is 11.0. The molecule has 0 N–H and O–H groups in total. The molecule has 98 valence electrons. The Balaban J connectivity index is 1.95. The molecule has 18 heavy (non-hydrogen) atoms. The zero-order valence-corrected chi connectivity index (χ0v) is 10.9. The van der Waals surface area contributed by atoms with Crippen molar-refractivity contribution in [2.45, 2.75) is 25.9 Å². The zero-order chi connectivity index (χ0) is 13.1. The number of rotatable bonds is 5. The first kappa shape index (κ1) is 12.7. The number of carbonyl (C=O) groups excluding carboxylic acids is 1. The third kappa shape index (κ3) is 2.42. The quantitative estimate of drug-likeness (QED) is 0.751. The normalized spacial score (nSPS) is 22.1. The van der Waals surface area contributed by atoms with E-state index < -0.39 is 0 Å². The van der Waals surface area contributed by atoms with Crippen LogP contribution in [0.4, 0.5) is 0 Å². The first-order chi connectivity index (χ1) is 8.65. The number of hydrogen-bond acceptors (Lipinski definition) is 4. The van der Waals surface area contributed by atoms with Gasteiger partial charge in [-0.05, 0) is 37.5 Å². The van der Waals surface area contributed by atoms with Crippen molar-refractivity contribution in [1.29, 1.82) is 0 Å². The molecule has 4 nitrogen and oxygen atoms in total. The second kappa shape index (κ2) is 5.29. The lowest BCUT2D eigenvalue weighted by Crippen LogP contribution is -2.43. The van der Waals surface area contributed by atoms with Gasteiger partial charge in [-0.3, -0.25) is 4.79 Å². The Kier molecular flexibility index (Phi) is 3.75. The van der Waals surface area contributed by atoms with Crippen LogP contribution in [0.1, 0.15) is 18.9 Å². The van der Waals surface area contributed by atoms with Gasteiger partial charge in [-0.25, -0.2) is 0 Å². The van der Waals surface area contributed by atoms with Crippen LogP contribution >= 0.6 is 0 Å². The minimum Gasteiger partial charge on any atom is -0.493 e. The van der Waals surface area contributed by atoms with E-state index in [1.54, 1.807) is 14.2 Å². The first-order valence-electron chi connectivity index (χ1n) is 6.07. The molecule has 0 aliphatic carbocycles. The second-order valence-corrected chi connectivity index (χ2v) is 4.49. The molecule has 0 spiro atoms. The smallest absolute Gasteiger partial charge is 0.312 e. The molecule has 1 aliphatic rings. The van der Waals surface area contributed by atoms with Crippen LogP contribution in [0, 0.1) is 5.92 Å². The fourth-order valence-corrected chi connectivity index (χ4v) is 2.09. The van der Waals surface area contributed by atoms with Gasteiger partial charge < -0.3 is 14.2 Å². The molecule has 2 unspecified atom stereocenters. The number of methoxy groups -OCH3 is 2. The maximum absolute atomic E-state index is 11.0.